The minimum Gasteiger partial charge on any atom is -0.345 e. The second kappa shape index (κ2) is 8.32. The van der Waals surface area contributed by atoms with Crippen LogP contribution in [0.3, 0.4) is 0 Å². The van der Waals surface area contributed by atoms with Crippen LogP contribution in [0.2, 0.25) is 5.02 Å². The third-order valence-corrected chi connectivity index (χ3v) is 4.16. The van der Waals surface area contributed by atoms with E-state index in [0.717, 1.165) is 16.9 Å². The molecule has 0 aromatic heterocycles. The number of amides is 1. The molecule has 0 unspecified atom stereocenters. The lowest BCUT2D eigenvalue weighted by molar-refractivity contribution is 0.0955. The maximum atomic E-state index is 12.0. The van der Waals surface area contributed by atoms with Crippen molar-refractivity contribution in [1.29, 1.82) is 0 Å². The van der Waals surface area contributed by atoms with E-state index in [1.165, 1.54) is 0 Å². The molecule has 3 aromatic rings. The Balaban J connectivity index is 1.61. The molecule has 3 aromatic carbocycles. The number of para-hydroxylation sites is 1. The van der Waals surface area contributed by atoms with Gasteiger partial charge < -0.3 is 4.90 Å². The predicted octanol–water partition coefficient (Wildman–Crippen LogP) is 4.87. The molecule has 0 aliphatic rings. The van der Waals surface area contributed by atoms with Crippen LogP contribution in [0, 0.1) is 0 Å². The van der Waals surface area contributed by atoms with Gasteiger partial charge in [0.25, 0.3) is 5.91 Å². The molecule has 0 aliphatic carbocycles. The molecule has 0 spiro atoms. The Morgan fingerprint density at radius 1 is 0.923 bits per heavy atom. The van der Waals surface area contributed by atoms with E-state index in [2.05, 4.69) is 27.6 Å². The monoisotopic (exact) mass is 363 g/mol. The van der Waals surface area contributed by atoms with Crippen LogP contribution >= 0.6 is 11.6 Å². The van der Waals surface area contributed by atoms with Gasteiger partial charge in [0.05, 0.1) is 6.21 Å². The van der Waals surface area contributed by atoms with Crippen molar-refractivity contribution in [2.75, 3.05) is 11.9 Å². The predicted molar refractivity (Wildman–Crippen MR) is 107 cm³/mol. The van der Waals surface area contributed by atoms with Gasteiger partial charge in [0.1, 0.15) is 0 Å². The van der Waals surface area contributed by atoms with Crippen LogP contribution in [0.1, 0.15) is 15.9 Å². The molecular formula is C21H18ClN3O. The summed E-state index contributed by atoms with van der Waals surface area (Å²) in [7, 11) is 2.02. The second-order valence-electron chi connectivity index (χ2n) is 5.69. The molecule has 0 atom stereocenters. The first kappa shape index (κ1) is 17.7. The Morgan fingerprint density at radius 3 is 2.19 bits per heavy atom. The maximum Gasteiger partial charge on any atom is 0.271 e. The lowest BCUT2D eigenvalue weighted by atomic mass is 10.2. The molecule has 0 aliphatic heterocycles. The molecular weight excluding hydrogens is 346 g/mol. The highest BCUT2D eigenvalue weighted by atomic mass is 35.5. The van der Waals surface area contributed by atoms with E-state index in [-0.39, 0.29) is 5.91 Å². The summed E-state index contributed by atoms with van der Waals surface area (Å²) in [4.78, 5) is 14.1. The number of benzene rings is 3. The van der Waals surface area contributed by atoms with E-state index in [0.29, 0.717) is 10.6 Å². The van der Waals surface area contributed by atoms with Gasteiger partial charge in [0.15, 0.2) is 0 Å². The number of hydrogen-bond acceptors (Lipinski definition) is 3. The van der Waals surface area contributed by atoms with Crippen LogP contribution < -0.4 is 10.3 Å². The van der Waals surface area contributed by atoms with Crippen molar-refractivity contribution in [2.24, 2.45) is 5.10 Å². The number of hydrogen-bond donors (Lipinski definition) is 1. The van der Waals surface area contributed by atoms with E-state index in [1.54, 1.807) is 30.5 Å². The summed E-state index contributed by atoms with van der Waals surface area (Å²) in [6.07, 6.45) is 1.61. The molecule has 0 fully saturated rings. The van der Waals surface area contributed by atoms with E-state index >= 15 is 0 Å². The molecule has 0 saturated heterocycles. The van der Waals surface area contributed by atoms with E-state index < -0.39 is 0 Å². The molecule has 0 heterocycles. The van der Waals surface area contributed by atoms with Crippen LogP contribution in [0.4, 0.5) is 11.4 Å². The number of anilines is 2. The molecule has 1 N–H and O–H groups in total. The van der Waals surface area contributed by atoms with Gasteiger partial charge in [-0.05, 0) is 54.1 Å². The number of rotatable bonds is 5. The van der Waals surface area contributed by atoms with Crippen LogP contribution in [0.15, 0.2) is 84.0 Å². The normalized spacial score (nSPS) is 10.7. The third kappa shape index (κ3) is 4.49. The average molecular weight is 364 g/mol. The summed E-state index contributed by atoms with van der Waals surface area (Å²) in [5.41, 5.74) is 6.09. The van der Waals surface area contributed by atoms with Gasteiger partial charge in [-0.15, -0.1) is 0 Å². The molecule has 1 amide bonds. The minimum absolute atomic E-state index is 0.279. The van der Waals surface area contributed by atoms with Crippen molar-refractivity contribution in [1.82, 2.24) is 5.43 Å². The van der Waals surface area contributed by atoms with Crippen molar-refractivity contribution in [3.05, 3.63) is 95.0 Å². The van der Waals surface area contributed by atoms with Crippen molar-refractivity contribution in [2.45, 2.75) is 0 Å². The highest BCUT2D eigenvalue weighted by molar-refractivity contribution is 6.30. The van der Waals surface area contributed by atoms with Gasteiger partial charge in [-0.3, -0.25) is 4.79 Å². The number of halogens is 1. The Labute approximate surface area is 157 Å². The first-order valence-corrected chi connectivity index (χ1v) is 8.49. The highest BCUT2D eigenvalue weighted by Gasteiger charge is 2.04. The maximum absolute atomic E-state index is 12.0. The smallest absolute Gasteiger partial charge is 0.271 e. The zero-order chi connectivity index (χ0) is 18.4. The number of nitrogens with one attached hydrogen (secondary N) is 1. The minimum atomic E-state index is -0.279. The topological polar surface area (TPSA) is 44.7 Å². The van der Waals surface area contributed by atoms with Crippen LogP contribution in [-0.4, -0.2) is 19.2 Å². The lowest BCUT2D eigenvalue weighted by Crippen LogP contribution is -2.17. The largest absolute Gasteiger partial charge is 0.345 e. The molecule has 0 saturated carbocycles. The fourth-order valence-corrected chi connectivity index (χ4v) is 2.54. The fourth-order valence-electron chi connectivity index (χ4n) is 2.42. The van der Waals surface area contributed by atoms with Gasteiger partial charge >= 0.3 is 0 Å². The first-order chi connectivity index (χ1) is 12.6. The summed E-state index contributed by atoms with van der Waals surface area (Å²) in [6.45, 7) is 0. The standard InChI is InChI=1S/C21H18ClN3O/c1-25(19-5-3-2-4-6-19)20-13-7-16(8-14-20)15-23-24-21(26)17-9-11-18(22)12-10-17/h2-15H,1H3,(H,24,26)/b23-15-. The zero-order valence-corrected chi connectivity index (χ0v) is 15.0. The van der Waals surface area contributed by atoms with Crippen LogP contribution in [-0.2, 0) is 0 Å². The summed E-state index contributed by atoms with van der Waals surface area (Å²) in [5, 5.41) is 4.59. The van der Waals surface area contributed by atoms with Crippen molar-refractivity contribution < 1.29 is 4.79 Å². The summed E-state index contributed by atoms with van der Waals surface area (Å²) in [6, 6.07) is 24.7. The SMILES string of the molecule is CN(c1ccccc1)c1ccc(/C=N\NC(=O)c2ccc(Cl)cc2)cc1. The molecule has 0 bridgehead atoms. The Kier molecular flexibility index (Phi) is 5.66. The average Bonchev–Trinajstić information content (AvgIpc) is 2.69. The zero-order valence-electron chi connectivity index (χ0n) is 14.3. The van der Waals surface area contributed by atoms with E-state index in [9.17, 15) is 4.79 Å². The molecule has 26 heavy (non-hydrogen) atoms. The second-order valence-corrected chi connectivity index (χ2v) is 6.13. The van der Waals surface area contributed by atoms with Crippen molar-refractivity contribution >= 4 is 35.1 Å². The first-order valence-electron chi connectivity index (χ1n) is 8.11. The fraction of sp³-hybridized carbons (Fsp3) is 0.0476. The molecule has 0 radical (unpaired) electrons. The number of nitrogens with zero attached hydrogens (tertiary/aromatic N) is 2. The van der Waals surface area contributed by atoms with Crippen molar-refractivity contribution in [3.63, 3.8) is 0 Å². The quantitative estimate of drug-likeness (QED) is 0.519. The van der Waals surface area contributed by atoms with Crippen LogP contribution in [0.5, 0.6) is 0 Å². The van der Waals surface area contributed by atoms with E-state index in [4.69, 9.17) is 11.6 Å². The lowest BCUT2D eigenvalue weighted by Gasteiger charge is -2.19. The Bertz CT molecular complexity index is 891. The molecule has 5 heteroatoms. The number of hydrazone groups is 1. The molecule has 3 rings (SSSR count). The van der Waals surface area contributed by atoms with E-state index in [1.807, 2.05) is 49.5 Å². The Morgan fingerprint density at radius 2 is 1.54 bits per heavy atom. The van der Waals surface area contributed by atoms with Gasteiger partial charge in [-0.25, -0.2) is 5.43 Å². The van der Waals surface area contributed by atoms with Gasteiger partial charge in [-0.1, -0.05) is 41.9 Å². The summed E-state index contributed by atoms with van der Waals surface area (Å²) < 4.78 is 0. The summed E-state index contributed by atoms with van der Waals surface area (Å²) >= 11 is 5.81. The van der Waals surface area contributed by atoms with Gasteiger partial charge in [-0.2, -0.15) is 5.10 Å². The van der Waals surface area contributed by atoms with Gasteiger partial charge in [0.2, 0.25) is 0 Å². The van der Waals surface area contributed by atoms with Gasteiger partial charge in [0, 0.05) is 29.0 Å². The summed E-state index contributed by atoms with van der Waals surface area (Å²) in [5.74, 6) is -0.279. The third-order valence-electron chi connectivity index (χ3n) is 3.91. The highest BCUT2D eigenvalue weighted by Crippen LogP contribution is 2.22. The number of carbonyl (C=O) groups excluding carboxylic acids is 1. The van der Waals surface area contributed by atoms with Crippen LogP contribution in [0.25, 0.3) is 0 Å². The molecule has 4 nitrogen and oxygen atoms in total. The molecule has 130 valence electrons. The Hall–Kier alpha value is -3.11. The number of carbonyl (C=O) groups is 1. The van der Waals surface area contributed by atoms with Crippen molar-refractivity contribution in [3.8, 4) is 0 Å².